The average molecular weight is 513 g/mol. The van der Waals surface area contributed by atoms with Crippen LogP contribution in [0.15, 0.2) is 30.0 Å². The van der Waals surface area contributed by atoms with E-state index in [9.17, 15) is 14.4 Å². The highest BCUT2D eigenvalue weighted by molar-refractivity contribution is 5.92. The topological polar surface area (TPSA) is 85.4 Å². The highest BCUT2D eigenvalue weighted by Crippen LogP contribution is 2.54. The number of piperidine rings is 1. The summed E-state index contributed by atoms with van der Waals surface area (Å²) in [4.78, 5) is 44.1. The van der Waals surface area contributed by atoms with Gasteiger partial charge in [-0.2, -0.15) is 0 Å². The maximum Gasteiger partial charge on any atom is 0.317 e. The molecule has 2 atom stereocenters. The van der Waals surface area contributed by atoms with Crippen molar-refractivity contribution in [3.05, 3.63) is 35.5 Å². The molecule has 0 unspecified atom stereocenters. The van der Waals surface area contributed by atoms with Gasteiger partial charge in [0.1, 0.15) is 5.41 Å². The number of amides is 2. The average Bonchev–Trinajstić information content (AvgIpc) is 3.43. The summed E-state index contributed by atoms with van der Waals surface area (Å²) in [6.07, 6.45) is 6.37. The lowest BCUT2D eigenvalue weighted by Gasteiger charge is -2.51. The van der Waals surface area contributed by atoms with Gasteiger partial charge in [-0.1, -0.05) is 26.0 Å². The second-order valence-electron chi connectivity index (χ2n) is 11.3. The third kappa shape index (κ3) is 5.34. The summed E-state index contributed by atoms with van der Waals surface area (Å²) >= 11 is 0. The van der Waals surface area contributed by atoms with Crippen molar-refractivity contribution in [3.63, 3.8) is 0 Å². The summed E-state index contributed by atoms with van der Waals surface area (Å²) in [6.45, 7) is 6.15. The van der Waals surface area contributed by atoms with Crippen LogP contribution >= 0.6 is 0 Å². The quantitative estimate of drug-likeness (QED) is 0.490. The molecule has 1 aromatic carbocycles. The molecule has 8 heteroatoms. The number of rotatable bonds is 8. The van der Waals surface area contributed by atoms with Crippen molar-refractivity contribution in [2.24, 2.45) is 16.7 Å². The molecule has 2 amide bonds. The zero-order valence-corrected chi connectivity index (χ0v) is 22.8. The molecule has 2 fully saturated rings. The van der Waals surface area contributed by atoms with Crippen molar-refractivity contribution in [1.29, 1.82) is 0 Å². The van der Waals surface area contributed by atoms with E-state index in [-0.39, 0.29) is 29.6 Å². The second-order valence-corrected chi connectivity index (χ2v) is 11.3. The Labute approximate surface area is 219 Å². The zero-order valence-electron chi connectivity index (χ0n) is 22.8. The Morgan fingerprint density at radius 3 is 2.41 bits per heavy atom. The van der Waals surface area contributed by atoms with Gasteiger partial charge in [-0.15, -0.1) is 0 Å². The first-order valence-electron chi connectivity index (χ1n) is 13.2. The Hall–Kier alpha value is -3.03. The summed E-state index contributed by atoms with van der Waals surface area (Å²) in [5, 5.41) is 0. The number of carbonyl (C=O) groups is 3. The molecule has 1 aliphatic carbocycles. The normalized spacial score (nSPS) is 24.8. The number of fused-ring (bicyclic) bond motifs is 1. The van der Waals surface area contributed by atoms with E-state index in [0.717, 1.165) is 43.6 Å². The Morgan fingerprint density at radius 1 is 1.05 bits per heavy atom. The van der Waals surface area contributed by atoms with Crippen LogP contribution in [0.5, 0.6) is 11.5 Å². The summed E-state index contributed by atoms with van der Waals surface area (Å²) in [7, 11) is 4.60. The molecule has 2 heterocycles. The van der Waals surface area contributed by atoms with Crippen LogP contribution < -0.4 is 9.47 Å². The standard InChI is InChI=1S/C29H40N2O6/c1-28(2)12-10-24-29(19-28,27(34)37-5)18-21(17-25(32)30-13-6-7-14-30)26(33)31(24)15-11-20-8-9-22(35-3)23(16-20)36-4/h8-10,16,21H,6-7,11-15,17-19H2,1-5H3/t21-,29-/m1/s1. The van der Waals surface area contributed by atoms with Gasteiger partial charge in [0.05, 0.1) is 21.3 Å². The lowest BCUT2D eigenvalue weighted by molar-refractivity contribution is -0.162. The van der Waals surface area contributed by atoms with E-state index < -0.39 is 11.3 Å². The van der Waals surface area contributed by atoms with Crippen molar-refractivity contribution in [2.75, 3.05) is 41.0 Å². The van der Waals surface area contributed by atoms with E-state index in [2.05, 4.69) is 13.8 Å². The smallest absolute Gasteiger partial charge is 0.317 e. The molecular weight excluding hydrogens is 472 g/mol. The number of benzene rings is 1. The van der Waals surface area contributed by atoms with Crippen LogP contribution in [-0.4, -0.2) is 68.5 Å². The molecule has 0 saturated carbocycles. The lowest BCUT2D eigenvalue weighted by Crippen LogP contribution is -2.56. The van der Waals surface area contributed by atoms with Crippen LogP contribution in [-0.2, 0) is 25.5 Å². The van der Waals surface area contributed by atoms with Gasteiger partial charge in [0.25, 0.3) is 0 Å². The van der Waals surface area contributed by atoms with Gasteiger partial charge in [-0.25, -0.2) is 0 Å². The predicted octanol–water partition coefficient (Wildman–Crippen LogP) is 3.97. The summed E-state index contributed by atoms with van der Waals surface area (Å²) in [5.41, 5.74) is 0.643. The van der Waals surface area contributed by atoms with Crippen LogP contribution in [0.3, 0.4) is 0 Å². The number of hydrogen-bond acceptors (Lipinski definition) is 6. The highest BCUT2D eigenvalue weighted by Gasteiger charge is 2.57. The van der Waals surface area contributed by atoms with E-state index in [1.165, 1.54) is 7.11 Å². The SMILES string of the molecule is COC(=O)[C@@]12C[C@@H](CC(=O)N3CCCC3)C(=O)N(CCc3ccc(OC)c(OC)c3)C1=CCC(C)(C)C2. The van der Waals surface area contributed by atoms with Gasteiger partial charge in [0.15, 0.2) is 11.5 Å². The Morgan fingerprint density at radius 2 is 1.76 bits per heavy atom. The Balaban J connectivity index is 1.66. The molecular formula is C29H40N2O6. The predicted molar refractivity (Wildman–Crippen MR) is 139 cm³/mol. The molecule has 4 rings (SSSR count). The van der Waals surface area contributed by atoms with Gasteiger partial charge < -0.3 is 24.0 Å². The molecule has 0 radical (unpaired) electrons. The van der Waals surface area contributed by atoms with Crippen LogP contribution in [0.1, 0.15) is 57.9 Å². The molecule has 0 aromatic heterocycles. The van der Waals surface area contributed by atoms with Gasteiger partial charge in [0.2, 0.25) is 11.8 Å². The molecule has 1 aromatic rings. The third-order valence-electron chi connectivity index (χ3n) is 8.15. The van der Waals surface area contributed by atoms with Crippen molar-refractivity contribution >= 4 is 17.8 Å². The number of methoxy groups -OCH3 is 3. The first-order chi connectivity index (χ1) is 17.6. The monoisotopic (exact) mass is 512 g/mol. The van der Waals surface area contributed by atoms with Gasteiger partial charge >= 0.3 is 5.97 Å². The van der Waals surface area contributed by atoms with Crippen LogP contribution in [0, 0.1) is 16.7 Å². The van der Waals surface area contributed by atoms with Crippen molar-refractivity contribution in [2.45, 2.75) is 58.8 Å². The number of ether oxygens (including phenoxy) is 3. The number of carbonyl (C=O) groups excluding carboxylic acids is 3. The minimum Gasteiger partial charge on any atom is -0.493 e. The van der Waals surface area contributed by atoms with Gasteiger partial charge in [-0.05, 0) is 61.6 Å². The Kier molecular flexibility index (Phi) is 7.85. The van der Waals surface area contributed by atoms with Gasteiger partial charge in [-0.3, -0.25) is 14.4 Å². The van der Waals surface area contributed by atoms with Crippen molar-refractivity contribution in [3.8, 4) is 11.5 Å². The van der Waals surface area contributed by atoms with Crippen LogP contribution in [0.4, 0.5) is 0 Å². The first-order valence-corrected chi connectivity index (χ1v) is 13.2. The number of nitrogens with zero attached hydrogens (tertiary/aromatic N) is 2. The van der Waals surface area contributed by atoms with Crippen molar-refractivity contribution in [1.82, 2.24) is 9.80 Å². The second kappa shape index (κ2) is 10.8. The molecule has 3 aliphatic rings. The van der Waals surface area contributed by atoms with Gasteiger partial charge in [0, 0.05) is 37.7 Å². The fraction of sp³-hybridized carbons (Fsp3) is 0.621. The molecule has 0 N–H and O–H groups in total. The van der Waals surface area contributed by atoms with Crippen LogP contribution in [0.2, 0.25) is 0 Å². The number of esters is 1. The maximum absolute atomic E-state index is 13.9. The number of hydrogen-bond donors (Lipinski definition) is 0. The number of allylic oxidation sites excluding steroid dienone is 1. The fourth-order valence-electron chi connectivity index (χ4n) is 6.37. The number of likely N-dealkylation sites (tertiary alicyclic amines) is 2. The molecule has 0 spiro atoms. The molecule has 2 saturated heterocycles. The van der Waals surface area contributed by atoms with E-state index in [1.54, 1.807) is 19.1 Å². The summed E-state index contributed by atoms with van der Waals surface area (Å²) in [6, 6.07) is 5.72. The zero-order chi connectivity index (χ0) is 26.8. The molecule has 8 nitrogen and oxygen atoms in total. The highest BCUT2D eigenvalue weighted by atomic mass is 16.5. The molecule has 2 aliphatic heterocycles. The first kappa shape index (κ1) is 27.0. The molecule has 0 bridgehead atoms. The summed E-state index contributed by atoms with van der Waals surface area (Å²) in [5.74, 6) is 0.290. The minimum atomic E-state index is -0.946. The Bertz CT molecular complexity index is 1070. The fourth-order valence-corrected chi connectivity index (χ4v) is 6.37. The largest absolute Gasteiger partial charge is 0.493 e. The van der Waals surface area contributed by atoms with E-state index >= 15 is 0 Å². The van der Waals surface area contributed by atoms with E-state index in [1.807, 2.05) is 29.2 Å². The molecule has 202 valence electrons. The van der Waals surface area contributed by atoms with E-state index in [4.69, 9.17) is 14.2 Å². The maximum atomic E-state index is 13.9. The van der Waals surface area contributed by atoms with Crippen LogP contribution in [0.25, 0.3) is 0 Å². The third-order valence-corrected chi connectivity index (χ3v) is 8.15. The summed E-state index contributed by atoms with van der Waals surface area (Å²) < 4.78 is 16.2. The molecule has 37 heavy (non-hydrogen) atoms. The lowest BCUT2D eigenvalue weighted by atomic mass is 9.59. The minimum absolute atomic E-state index is 0.00166. The van der Waals surface area contributed by atoms with E-state index in [0.29, 0.717) is 37.3 Å². The van der Waals surface area contributed by atoms with Crippen molar-refractivity contribution < 1.29 is 28.6 Å².